The molecule has 2 nitrogen and oxygen atoms in total. The fourth-order valence-electron chi connectivity index (χ4n) is 0.477. The molecule has 0 aliphatic rings. The first-order valence-corrected chi connectivity index (χ1v) is 3.25. The van der Waals surface area contributed by atoms with Crippen LogP contribution < -0.4 is 5.32 Å². The third kappa shape index (κ3) is 0.980. The summed E-state index contributed by atoms with van der Waals surface area (Å²) in [6.07, 6.45) is 1.83. The molecule has 1 aromatic heterocycles. The molecule has 0 spiro atoms. The van der Waals surface area contributed by atoms with E-state index in [1.54, 1.807) is 11.3 Å². The first-order valence-electron chi connectivity index (χ1n) is 2.43. The van der Waals surface area contributed by atoms with Crippen molar-refractivity contribution in [2.24, 2.45) is 0 Å². The molecule has 0 radical (unpaired) electrons. The van der Waals surface area contributed by atoms with E-state index >= 15 is 0 Å². The van der Waals surface area contributed by atoms with E-state index in [4.69, 9.17) is 0 Å². The minimum absolute atomic E-state index is 1.11. The van der Waals surface area contributed by atoms with Crippen molar-refractivity contribution in [3.05, 3.63) is 11.2 Å². The van der Waals surface area contributed by atoms with Gasteiger partial charge in [-0.15, -0.1) is 11.3 Å². The third-order valence-electron chi connectivity index (χ3n) is 0.868. The predicted molar refractivity (Wildman–Crippen MR) is 36.4 cm³/mol. The van der Waals surface area contributed by atoms with Gasteiger partial charge in [-0.3, -0.25) is 0 Å². The SMILES string of the molecule is CNc1cnc(C)s1. The van der Waals surface area contributed by atoms with Crippen molar-refractivity contribution in [2.75, 3.05) is 12.4 Å². The lowest BCUT2D eigenvalue weighted by atomic mass is 10.8. The lowest BCUT2D eigenvalue weighted by molar-refractivity contribution is 1.30. The molecule has 3 heteroatoms. The van der Waals surface area contributed by atoms with Gasteiger partial charge >= 0.3 is 0 Å². The van der Waals surface area contributed by atoms with E-state index in [2.05, 4.69) is 10.3 Å². The normalized spacial score (nSPS) is 9.25. The average Bonchev–Trinajstić information content (AvgIpc) is 2.14. The molecular formula is C5H8N2S. The van der Waals surface area contributed by atoms with Crippen LogP contribution in [0, 0.1) is 6.92 Å². The number of hydrogen-bond acceptors (Lipinski definition) is 3. The van der Waals surface area contributed by atoms with Crippen LogP contribution in [-0.4, -0.2) is 12.0 Å². The van der Waals surface area contributed by atoms with Crippen LogP contribution in [0.15, 0.2) is 6.20 Å². The third-order valence-corrected chi connectivity index (χ3v) is 1.80. The van der Waals surface area contributed by atoms with E-state index in [-0.39, 0.29) is 0 Å². The molecule has 0 atom stereocenters. The molecule has 0 fully saturated rings. The number of rotatable bonds is 1. The standard InChI is InChI=1S/C5H8N2S/c1-4-7-3-5(6-2)8-4/h3,6H,1-2H3. The van der Waals surface area contributed by atoms with Crippen LogP contribution in [0.1, 0.15) is 5.01 Å². The van der Waals surface area contributed by atoms with Crippen molar-refractivity contribution in [1.29, 1.82) is 0 Å². The molecule has 1 heterocycles. The predicted octanol–water partition coefficient (Wildman–Crippen LogP) is 1.49. The Morgan fingerprint density at radius 3 is 2.75 bits per heavy atom. The molecule has 0 aliphatic carbocycles. The van der Waals surface area contributed by atoms with Crippen LogP contribution in [0.4, 0.5) is 5.00 Å². The molecule has 0 unspecified atom stereocenters. The maximum absolute atomic E-state index is 4.04. The van der Waals surface area contributed by atoms with Gasteiger partial charge in [0.1, 0.15) is 5.00 Å². The molecule has 0 saturated carbocycles. The number of thiazole rings is 1. The minimum atomic E-state index is 1.11. The van der Waals surface area contributed by atoms with Crippen LogP contribution in [0.2, 0.25) is 0 Å². The highest BCUT2D eigenvalue weighted by molar-refractivity contribution is 7.15. The first-order chi connectivity index (χ1) is 3.83. The highest BCUT2D eigenvalue weighted by Gasteiger charge is 1.90. The van der Waals surface area contributed by atoms with E-state index < -0.39 is 0 Å². The van der Waals surface area contributed by atoms with Crippen molar-refractivity contribution in [3.8, 4) is 0 Å². The Hall–Kier alpha value is -0.570. The zero-order chi connectivity index (χ0) is 5.98. The fraction of sp³-hybridized carbons (Fsp3) is 0.400. The Morgan fingerprint density at radius 2 is 2.50 bits per heavy atom. The van der Waals surface area contributed by atoms with Crippen LogP contribution >= 0.6 is 11.3 Å². The second-order valence-electron chi connectivity index (χ2n) is 1.49. The van der Waals surface area contributed by atoms with E-state index in [9.17, 15) is 0 Å². The van der Waals surface area contributed by atoms with Crippen LogP contribution in [0.5, 0.6) is 0 Å². The number of aromatic nitrogens is 1. The smallest absolute Gasteiger partial charge is 0.108 e. The molecule has 1 rings (SSSR count). The number of anilines is 1. The molecular weight excluding hydrogens is 120 g/mol. The van der Waals surface area contributed by atoms with E-state index in [1.165, 1.54) is 0 Å². The molecule has 0 amide bonds. The Labute approximate surface area is 52.6 Å². The number of nitrogens with zero attached hydrogens (tertiary/aromatic N) is 1. The summed E-state index contributed by atoms with van der Waals surface area (Å²) < 4.78 is 0. The van der Waals surface area contributed by atoms with Crippen molar-refractivity contribution in [1.82, 2.24) is 4.98 Å². The highest BCUT2D eigenvalue weighted by Crippen LogP contribution is 2.15. The molecule has 0 aromatic carbocycles. The second-order valence-corrected chi connectivity index (χ2v) is 2.73. The number of aryl methyl sites for hydroxylation is 1. The Kier molecular flexibility index (Phi) is 1.48. The van der Waals surface area contributed by atoms with E-state index in [0.717, 1.165) is 10.0 Å². The summed E-state index contributed by atoms with van der Waals surface area (Å²) in [7, 11) is 1.90. The van der Waals surface area contributed by atoms with Gasteiger partial charge in [-0.25, -0.2) is 4.98 Å². The van der Waals surface area contributed by atoms with Gasteiger partial charge in [0.05, 0.1) is 11.2 Å². The van der Waals surface area contributed by atoms with Crippen molar-refractivity contribution in [3.63, 3.8) is 0 Å². The molecule has 8 heavy (non-hydrogen) atoms. The van der Waals surface area contributed by atoms with Gasteiger partial charge in [0.2, 0.25) is 0 Å². The quantitative estimate of drug-likeness (QED) is 0.620. The summed E-state index contributed by atoms with van der Waals surface area (Å²) in [5.41, 5.74) is 0. The van der Waals surface area contributed by atoms with Crippen LogP contribution in [-0.2, 0) is 0 Å². The Morgan fingerprint density at radius 1 is 1.75 bits per heavy atom. The number of nitrogens with one attached hydrogen (secondary N) is 1. The average molecular weight is 128 g/mol. The maximum Gasteiger partial charge on any atom is 0.108 e. The summed E-state index contributed by atoms with van der Waals surface area (Å²) in [4.78, 5) is 4.04. The lowest BCUT2D eigenvalue weighted by Crippen LogP contribution is -1.80. The Bertz CT molecular complexity index is 171. The van der Waals surface area contributed by atoms with Crippen molar-refractivity contribution >= 4 is 16.3 Å². The van der Waals surface area contributed by atoms with Gasteiger partial charge < -0.3 is 5.32 Å². The van der Waals surface area contributed by atoms with Crippen molar-refractivity contribution in [2.45, 2.75) is 6.92 Å². The molecule has 0 aliphatic heterocycles. The fourth-order valence-corrected chi connectivity index (χ4v) is 1.11. The summed E-state index contributed by atoms with van der Waals surface area (Å²) in [5, 5.41) is 5.24. The minimum Gasteiger partial charge on any atom is -0.379 e. The Balaban J connectivity index is 2.84. The molecule has 1 N–H and O–H groups in total. The topological polar surface area (TPSA) is 24.9 Å². The summed E-state index contributed by atoms with van der Waals surface area (Å²) in [5.74, 6) is 0. The zero-order valence-corrected chi connectivity index (χ0v) is 5.75. The maximum atomic E-state index is 4.04. The summed E-state index contributed by atoms with van der Waals surface area (Å²) in [6, 6.07) is 0. The molecule has 1 aromatic rings. The second kappa shape index (κ2) is 2.13. The first kappa shape index (κ1) is 5.56. The monoisotopic (exact) mass is 128 g/mol. The molecule has 0 saturated heterocycles. The van der Waals surface area contributed by atoms with Gasteiger partial charge in [-0.2, -0.15) is 0 Å². The van der Waals surface area contributed by atoms with Gasteiger partial charge in [-0.1, -0.05) is 0 Å². The summed E-state index contributed by atoms with van der Waals surface area (Å²) >= 11 is 1.67. The lowest BCUT2D eigenvalue weighted by Gasteiger charge is -1.85. The summed E-state index contributed by atoms with van der Waals surface area (Å²) in [6.45, 7) is 1.99. The largest absolute Gasteiger partial charge is 0.379 e. The molecule has 44 valence electrons. The van der Waals surface area contributed by atoms with Gasteiger partial charge in [0.25, 0.3) is 0 Å². The number of hydrogen-bond donors (Lipinski definition) is 1. The van der Waals surface area contributed by atoms with Crippen LogP contribution in [0.3, 0.4) is 0 Å². The van der Waals surface area contributed by atoms with Crippen molar-refractivity contribution < 1.29 is 0 Å². The zero-order valence-electron chi connectivity index (χ0n) is 4.93. The van der Waals surface area contributed by atoms with Crippen LogP contribution in [0.25, 0.3) is 0 Å². The van der Waals surface area contributed by atoms with Gasteiger partial charge in [0, 0.05) is 7.05 Å². The van der Waals surface area contributed by atoms with E-state index in [0.29, 0.717) is 0 Å². The van der Waals surface area contributed by atoms with Gasteiger partial charge in [-0.05, 0) is 6.92 Å². The molecule has 0 bridgehead atoms. The highest BCUT2D eigenvalue weighted by atomic mass is 32.1. The van der Waals surface area contributed by atoms with E-state index in [1.807, 2.05) is 20.2 Å². The van der Waals surface area contributed by atoms with Gasteiger partial charge in [0.15, 0.2) is 0 Å².